The van der Waals surface area contributed by atoms with Gasteiger partial charge in [0.1, 0.15) is 0 Å². The topological polar surface area (TPSA) is 79.0 Å². The van der Waals surface area contributed by atoms with Gasteiger partial charge in [-0.3, -0.25) is 9.59 Å². The molecule has 2 aliphatic rings. The van der Waals surface area contributed by atoms with Crippen molar-refractivity contribution in [1.29, 1.82) is 0 Å². The number of amides is 3. The smallest absolute Gasteiger partial charge is 0.321 e. The van der Waals surface area contributed by atoms with Gasteiger partial charge in [0.15, 0.2) is 6.61 Å². The van der Waals surface area contributed by atoms with Crippen LogP contribution in [-0.4, -0.2) is 49.0 Å². The molecule has 3 amide bonds. The van der Waals surface area contributed by atoms with Gasteiger partial charge < -0.3 is 19.9 Å². The first-order valence-electron chi connectivity index (χ1n) is 10.3. The van der Waals surface area contributed by atoms with Crippen molar-refractivity contribution in [2.24, 2.45) is 5.92 Å². The number of para-hydroxylation sites is 2. The van der Waals surface area contributed by atoms with Crippen LogP contribution in [0.1, 0.15) is 18.4 Å². The Morgan fingerprint density at radius 3 is 2.40 bits per heavy atom. The molecule has 0 spiro atoms. The normalized spacial score (nSPS) is 16.1. The lowest BCUT2D eigenvalue weighted by Gasteiger charge is -2.31. The standard InChI is InChI=1S/C23H25N3O4/c27-21(26-15-12-17-6-4-5-9-20(17)26)16-30-22(28)18-10-13-25(14-11-18)23(29)24-19-7-2-1-3-8-19/h1-9,18H,10-16H2,(H,24,29). The number of anilines is 2. The number of nitrogens with one attached hydrogen (secondary N) is 1. The van der Waals surface area contributed by atoms with Crippen LogP contribution in [0.25, 0.3) is 0 Å². The number of piperidine rings is 1. The molecule has 0 aromatic heterocycles. The van der Waals surface area contributed by atoms with Crippen LogP contribution in [0.15, 0.2) is 54.6 Å². The summed E-state index contributed by atoms with van der Waals surface area (Å²) in [5.41, 5.74) is 2.78. The van der Waals surface area contributed by atoms with Crippen LogP contribution in [0.4, 0.5) is 16.2 Å². The molecule has 156 valence electrons. The fraction of sp³-hybridized carbons (Fsp3) is 0.348. The first-order chi connectivity index (χ1) is 14.6. The molecule has 30 heavy (non-hydrogen) atoms. The van der Waals surface area contributed by atoms with Crippen molar-refractivity contribution in [2.75, 3.05) is 36.5 Å². The van der Waals surface area contributed by atoms with E-state index >= 15 is 0 Å². The van der Waals surface area contributed by atoms with Gasteiger partial charge in [-0.15, -0.1) is 0 Å². The zero-order chi connectivity index (χ0) is 20.9. The minimum absolute atomic E-state index is 0.170. The van der Waals surface area contributed by atoms with Crippen molar-refractivity contribution in [3.8, 4) is 0 Å². The predicted octanol–water partition coefficient (Wildman–Crippen LogP) is 3.06. The number of carbonyl (C=O) groups is 3. The van der Waals surface area contributed by atoms with Crippen LogP contribution in [0, 0.1) is 5.92 Å². The second-order valence-electron chi connectivity index (χ2n) is 7.59. The SMILES string of the molecule is O=C(OCC(=O)N1CCc2ccccc21)C1CCN(C(=O)Nc2ccccc2)CC1. The van der Waals surface area contributed by atoms with Crippen molar-refractivity contribution in [3.05, 3.63) is 60.2 Å². The molecule has 0 bridgehead atoms. The van der Waals surface area contributed by atoms with Gasteiger partial charge >= 0.3 is 12.0 Å². The summed E-state index contributed by atoms with van der Waals surface area (Å²) < 4.78 is 5.31. The number of hydrogen-bond acceptors (Lipinski definition) is 4. The molecule has 2 aromatic carbocycles. The summed E-state index contributed by atoms with van der Waals surface area (Å²) in [7, 11) is 0. The van der Waals surface area contributed by atoms with Crippen LogP contribution in [0.3, 0.4) is 0 Å². The molecule has 4 rings (SSSR count). The molecule has 0 radical (unpaired) electrons. The van der Waals surface area contributed by atoms with E-state index in [0.29, 0.717) is 32.5 Å². The van der Waals surface area contributed by atoms with Crippen molar-refractivity contribution in [2.45, 2.75) is 19.3 Å². The Bertz CT molecular complexity index is 923. The number of fused-ring (bicyclic) bond motifs is 1. The summed E-state index contributed by atoms with van der Waals surface area (Å²) in [5, 5.41) is 2.86. The van der Waals surface area contributed by atoms with Gasteiger partial charge in [0.25, 0.3) is 5.91 Å². The largest absolute Gasteiger partial charge is 0.455 e. The molecule has 0 unspecified atom stereocenters. The van der Waals surface area contributed by atoms with E-state index < -0.39 is 0 Å². The second-order valence-corrected chi connectivity index (χ2v) is 7.59. The average molecular weight is 407 g/mol. The van der Waals surface area contributed by atoms with Crippen molar-refractivity contribution >= 4 is 29.3 Å². The third-order valence-corrected chi connectivity index (χ3v) is 5.67. The Hall–Kier alpha value is -3.35. The lowest BCUT2D eigenvalue weighted by Crippen LogP contribution is -2.43. The van der Waals surface area contributed by atoms with Gasteiger partial charge in [-0.2, -0.15) is 0 Å². The Morgan fingerprint density at radius 1 is 0.933 bits per heavy atom. The number of hydrogen-bond donors (Lipinski definition) is 1. The zero-order valence-corrected chi connectivity index (χ0v) is 16.8. The quantitative estimate of drug-likeness (QED) is 0.790. The first-order valence-corrected chi connectivity index (χ1v) is 10.3. The van der Waals surface area contributed by atoms with Crippen molar-refractivity contribution < 1.29 is 19.1 Å². The molecule has 7 heteroatoms. The van der Waals surface area contributed by atoms with Crippen LogP contribution in [0.2, 0.25) is 0 Å². The third-order valence-electron chi connectivity index (χ3n) is 5.67. The van der Waals surface area contributed by atoms with Gasteiger partial charge in [-0.1, -0.05) is 36.4 Å². The Morgan fingerprint density at radius 2 is 1.63 bits per heavy atom. The van der Waals surface area contributed by atoms with Gasteiger partial charge in [0.2, 0.25) is 0 Å². The van der Waals surface area contributed by atoms with E-state index in [1.165, 1.54) is 0 Å². The maximum Gasteiger partial charge on any atom is 0.321 e. The molecular formula is C23H25N3O4. The Labute approximate surface area is 175 Å². The molecule has 0 saturated carbocycles. The molecule has 7 nitrogen and oxygen atoms in total. The highest BCUT2D eigenvalue weighted by Gasteiger charge is 2.30. The second kappa shape index (κ2) is 8.98. The van der Waals surface area contributed by atoms with E-state index in [9.17, 15) is 14.4 Å². The molecular weight excluding hydrogens is 382 g/mol. The maximum absolute atomic E-state index is 12.5. The third kappa shape index (κ3) is 4.45. The molecule has 1 saturated heterocycles. The highest BCUT2D eigenvalue weighted by Crippen LogP contribution is 2.27. The molecule has 2 aromatic rings. The van der Waals surface area contributed by atoms with E-state index in [1.54, 1.807) is 9.80 Å². The highest BCUT2D eigenvalue weighted by atomic mass is 16.5. The number of carbonyl (C=O) groups excluding carboxylic acids is 3. The first kappa shape index (κ1) is 19.9. The molecule has 2 aliphatic heterocycles. The van der Waals surface area contributed by atoms with E-state index in [2.05, 4.69) is 5.32 Å². The summed E-state index contributed by atoms with van der Waals surface area (Å²) >= 11 is 0. The van der Waals surface area contributed by atoms with Crippen LogP contribution in [-0.2, 0) is 20.7 Å². The van der Waals surface area contributed by atoms with Gasteiger partial charge in [-0.25, -0.2) is 4.79 Å². The van der Waals surface area contributed by atoms with Gasteiger partial charge in [0, 0.05) is 31.0 Å². The van der Waals surface area contributed by atoms with Crippen LogP contribution >= 0.6 is 0 Å². The van der Waals surface area contributed by atoms with E-state index in [0.717, 1.165) is 23.4 Å². The number of urea groups is 1. The number of benzene rings is 2. The lowest BCUT2D eigenvalue weighted by atomic mass is 9.97. The summed E-state index contributed by atoms with van der Waals surface area (Å²) in [4.78, 5) is 40.6. The summed E-state index contributed by atoms with van der Waals surface area (Å²) in [6.45, 7) is 1.32. The van der Waals surface area contributed by atoms with Crippen LogP contribution < -0.4 is 10.2 Å². The fourth-order valence-corrected chi connectivity index (χ4v) is 3.97. The van der Waals surface area contributed by atoms with E-state index in [4.69, 9.17) is 4.74 Å². The van der Waals surface area contributed by atoms with Crippen molar-refractivity contribution in [1.82, 2.24) is 4.90 Å². The summed E-state index contributed by atoms with van der Waals surface area (Å²) in [6.07, 6.45) is 1.88. The number of likely N-dealkylation sites (tertiary alicyclic amines) is 1. The van der Waals surface area contributed by atoms with Crippen molar-refractivity contribution in [3.63, 3.8) is 0 Å². The predicted molar refractivity (Wildman–Crippen MR) is 113 cm³/mol. The van der Waals surface area contributed by atoms with E-state index in [-0.39, 0.29) is 30.4 Å². The Kier molecular flexibility index (Phi) is 5.97. The Balaban J connectivity index is 1.22. The van der Waals surface area contributed by atoms with Gasteiger partial charge in [-0.05, 0) is 43.0 Å². The lowest BCUT2D eigenvalue weighted by molar-refractivity contribution is -0.153. The molecule has 1 fully saturated rings. The van der Waals surface area contributed by atoms with Crippen LogP contribution in [0.5, 0.6) is 0 Å². The van der Waals surface area contributed by atoms with E-state index in [1.807, 2.05) is 54.6 Å². The monoisotopic (exact) mass is 407 g/mol. The number of nitrogens with zero attached hydrogens (tertiary/aromatic N) is 2. The highest BCUT2D eigenvalue weighted by molar-refractivity contribution is 5.97. The maximum atomic E-state index is 12.5. The summed E-state index contributed by atoms with van der Waals surface area (Å²) in [6, 6.07) is 16.9. The fourth-order valence-electron chi connectivity index (χ4n) is 3.97. The minimum Gasteiger partial charge on any atom is -0.455 e. The number of ether oxygens (including phenoxy) is 1. The number of rotatable bonds is 4. The molecule has 2 heterocycles. The molecule has 1 N–H and O–H groups in total. The molecule has 0 atom stereocenters. The minimum atomic E-state index is -0.362. The zero-order valence-electron chi connectivity index (χ0n) is 16.8. The number of esters is 1. The average Bonchev–Trinajstić information content (AvgIpc) is 3.22. The summed E-state index contributed by atoms with van der Waals surface area (Å²) in [5.74, 6) is -0.851. The van der Waals surface area contributed by atoms with Gasteiger partial charge in [0.05, 0.1) is 5.92 Å². The molecule has 0 aliphatic carbocycles.